The summed E-state index contributed by atoms with van der Waals surface area (Å²) in [4.78, 5) is 16.2. The lowest BCUT2D eigenvalue weighted by atomic mass is 10.1. The molecular weight excluding hydrogens is 391 g/mol. The van der Waals surface area contributed by atoms with E-state index in [0.29, 0.717) is 24.7 Å². The molecule has 0 aliphatic carbocycles. The average molecular weight is 418 g/mol. The number of carbonyl (C=O) groups is 1. The number of hydrogen-bond acceptors (Lipinski definition) is 2. The first-order chi connectivity index (χ1) is 10.1. The molecule has 0 saturated heterocycles. The van der Waals surface area contributed by atoms with Crippen molar-refractivity contribution in [2.75, 3.05) is 13.1 Å². The molecule has 0 radical (unpaired) electrons. The van der Waals surface area contributed by atoms with Gasteiger partial charge in [-0.2, -0.15) is 0 Å². The second kappa shape index (κ2) is 11.3. The highest BCUT2D eigenvalue weighted by atomic mass is 127. The zero-order valence-corrected chi connectivity index (χ0v) is 16.1. The highest BCUT2D eigenvalue weighted by molar-refractivity contribution is 14.0. The lowest BCUT2D eigenvalue weighted by Gasteiger charge is -2.14. The van der Waals surface area contributed by atoms with Gasteiger partial charge in [0.2, 0.25) is 0 Å². The van der Waals surface area contributed by atoms with Crippen LogP contribution in [0.15, 0.2) is 29.3 Å². The first-order valence-electron chi connectivity index (χ1n) is 7.48. The summed E-state index contributed by atoms with van der Waals surface area (Å²) < 4.78 is 0. The standard InChI is InChI=1S/C16H26N4O.HI/c1-5-17-15(21)14-9-7-13(8-10-14)11-19-16(18-6-2)20-12(3)4;/h7-10,12H,5-6,11H2,1-4H3,(H,17,21)(H2,18,19,20);1H. The number of nitrogens with zero attached hydrogens (tertiary/aromatic N) is 1. The van der Waals surface area contributed by atoms with E-state index in [-0.39, 0.29) is 29.9 Å². The summed E-state index contributed by atoms with van der Waals surface area (Å²) in [6, 6.07) is 7.88. The third-order valence-electron chi connectivity index (χ3n) is 2.74. The summed E-state index contributed by atoms with van der Waals surface area (Å²) in [6.07, 6.45) is 0. The molecule has 0 saturated carbocycles. The monoisotopic (exact) mass is 418 g/mol. The van der Waals surface area contributed by atoms with E-state index in [4.69, 9.17) is 0 Å². The average Bonchev–Trinajstić information content (AvgIpc) is 2.45. The van der Waals surface area contributed by atoms with E-state index in [9.17, 15) is 4.79 Å². The number of nitrogens with one attached hydrogen (secondary N) is 3. The molecule has 1 aromatic carbocycles. The molecule has 0 aliphatic rings. The highest BCUT2D eigenvalue weighted by Gasteiger charge is 2.04. The van der Waals surface area contributed by atoms with Crippen LogP contribution in [0.5, 0.6) is 0 Å². The largest absolute Gasteiger partial charge is 0.357 e. The summed E-state index contributed by atoms with van der Waals surface area (Å²) >= 11 is 0. The van der Waals surface area contributed by atoms with Crippen molar-refractivity contribution in [3.8, 4) is 0 Å². The van der Waals surface area contributed by atoms with Crippen LogP contribution in [0.3, 0.4) is 0 Å². The molecule has 124 valence electrons. The minimum atomic E-state index is -0.0395. The lowest BCUT2D eigenvalue weighted by Crippen LogP contribution is -2.40. The van der Waals surface area contributed by atoms with Crippen molar-refractivity contribution in [2.24, 2.45) is 4.99 Å². The second-order valence-electron chi connectivity index (χ2n) is 5.05. The van der Waals surface area contributed by atoms with Gasteiger partial charge in [0.05, 0.1) is 6.54 Å². The van der Waals surface area contributed by atoms with Crippen molar-refractivity contribution in [3.05, 3.63) is 35.4 Å². The summed E-state index contributed by atoms with van der Waals surface area (Å²) in [5.41, 5.74) is 1.75. The Morgan fingerprint density at radius 1 is 1.09 bits per heavy atom. The van der Waals surface area contributed by atoms with E-state index in [1.165, 1.54) is 0 Å². The van der Waals surface area contributed by atoms with Gasteiger partial charge in [0.15, 0.2) is 5.96 Å². The number of rotatable bonds is 6. The molecule has 1 amide bonds. The molecule has 22 heavy (non-hydrogen) atoms. The van der Waals surface area contributed by atoms with Crippen LogP contribution in [-0.4, -0.2) is 31.0 Å². The number of halogens is 1. The molecule has 1 aromatic rings. The first kappa shape index (κ1) is 20.7. The van der Waals surface area contributed by atoms with Crippen molar-refractivity contribution >= 4 is 35.8 Å². The number of aliphatic imine (C=N–C) groups is 1. The molecular formula is C16H27IN4O. The van der Waals surface area contributed by atoms with E-state index in [2.05, 4.69) is 34.8 Å². The van der Waals surface area contributed by atoms with E-state index >= 15 is 0 Å². The molecule has 0 aromatic heterocycles. The van der Waals surface area contributed by atoms with Gasteiger partial charge >= 0.3 is 0 Å². The minimum Gasteiger partial charge on any atom is -0.357 e. The quantitative estimate of drug-likeness (QED) is 0.378. The molecule has 3 N–H and O–H groups in total. The third-order valence-corrected chi connectivity index (χ3v) is 2.74. The highest BCUT2D eigenvalue weighted by Crippen LogP contribution is 2.05. The van der Waals surface area contributed by atoms with Gasteiger partial charge in [0.1, 0.15) is 0 Å². The summed E-state index contributed by atoms with van der Waals surface area (Å²) in [7, 11) is 0. The number of amides is 1. The van der Waals surface area contributed by atoms with E-state index in [0.717, 1.165) is 18.1 Å². The van der Waals surface area contributed by atoms with Gasteiger partial charge in [-0.1, -0.05) is 12.1 Å². The molecule has 0 unspecified atom stereocenters. The van der Waals surface area contributed by atoms with Gasteiger partial charge in [-0.15, -0.1) is 24.0 Å². The molecule has 1 rings (SSSR count). The Kier molecular flexibility index (Phi) is 10.6. The normalized spacial score (nSPS) is 10.9. The predicted octanol–water partition coefficient (Wildman–Crippen LogP) is 2.52. The van der Waals surface area contributed by atoms with Crippen LogP contribution in [0.2, 0.25) is 0 Å². The van der Waals surface area contributed by atoms with Crippen molar-refractivity contribution in [1.82, 2.24) is 16.0 Å². The number of hydrogen-bond donors (Lipinski definition) is 3. The molecule has 0 bridgehead atoms. The van der Waals surface area contributed by atoms with Gasteiger partial charge < -0.3 is 16.0 Å². The molecule has 0 aliphatic heterocycles. The zero-order chi connectivity index (χ0) is 15.7. The maximum Gasteiger partial charge on any atom is 0.251 e. The molecule has 0 fully saturated rings. The molecule has 6 heteroatoms. The van der Waals surface area contributed by atoms with Gasteiger partial charge in [-0.3, -0.25) is 4.79 Å². The van der Waals surface area contributed by atoms with Crippen LogP contribution in [-0.2, 0) is 6.54 Å². The zero-order valence-electron chi connectivity index (χ0n) is 13.8. The third kappa shape index (κ3) is 7.63. The summed E-state index contributed by atoms with van der Waals surface area (Å²) in [6.45, 7) is 10.1. The second-order valence-corrected chi connectivity index (χ2v) is 5.05. The van der Waals surface area contributed by atoms with E-state index in [1.54, 1.807) is 0 Å². The maximum atomic E-state index is 11.7. The van der Waals surface area contributed by atoms with Crippen LogP contribution >= 0.6 is 24.0 Å². The van der Waals surface area contributed by atoms with Gasteiger partial charge in [-0.25, -0.2) is 4.99 Å². The van der Waals surface area contributed by atoms with E-state index in [1.807, 2.05) is 38.1 Å². The molecule has 5 nitrogen and oxygen atoms in total. The fraction of sp³-hybridized carbons (Fsp3) is 0.500. The van der Waals surface area contributed by atoms with Crippen LogP contribution in [0.4, 0.5) is 0 Å². The summed E-state index contributed by atoms with van der Waals surface area (Å²) in [5.74, 6) is 0.766. The van der Waals surface area contributed by atoms with Crippen LogP contribution in [0.1, 0.15) is 43.6 Å². The Labute approximate surface area is 150 Å². The topological polar surface area (TPSA) is 65.5 Å². The Bertz CT molecular complexity index is 472. The Morgan fingerprint density at radius 2 is 1.68 bits per heavy atom. The maximum absolute atomic E-state index is 11.7. The Balaban J connectivity index is 0.00000441. The minimum absolute atomic E-state index is 0. The van der Waals surface area contributed by atoms with E-state index < -0.39 is 0 Å². The van der Waals surface area contributed by atoms with Gasteiger partial charge in [0, 0.05) is 24.7 Å². The Hall–Kier alpha value is -1.31. The van der Waals surface area contributed by atoms with Crippen LogP contribution < -0.4 is 16.0 Å². The SMILES string of the molecule is CCNC(=O)c1ccc(CN=C(NCC)NC(C)C)cc1.I. The van der Waals surface area contributed by atoms with Gasteiger partial charge in [0.25, 0.3) is 5.91 Å². The fourth-order valence-electron chi connectivity index (χ4n) is 1.79. The number of guanidine groups is 1. The smallest absolute Gasteiger partial charge is 0.251 e. The van der Waals surface area contributed by atoms with Crippen molar-refractivity contribution < 1.29 is 4.79 Å². The van der Waals surface area contributed by atoms with Crippen LogP contribution in [0.25, 0.3) is 0 Å². The number of benzene rings is 1. The number of carbonyl (C=O) groups excluding carboxylic acids is 1. The lowest BCUT2D eigenvalue weighted by molar-refractivity contribution is 0.0956. The molecule has 0 atom stereocenters. The Morgan fingerprint density at radius 3 is 2.18 bits per heavy atom. The van der Waals surface area contributed by atoms with Crippen LogP contribution in [0, 0.1) is 0 Å². The predicted molar refractivity (Wildman–Crippen MR) is 103 cm³/mol. The van der Waals surface area contributed by atoms with Crippen molar-refractivity contribution in [2.45, 2.75) is 40.3 Å². The fourth-order valence-corrected chi connectivity index (χ4v) is 1.79. The van der Waals surface area contributed by atoms with Gasteiger partial charge in [-0.05, 0) is 45.4 Å². The van der Waals surface area contributed by atoms with Crippen molar-refractivity contribution in [3.63, 3.8) is 0 Å². The summed E-state index contributed by atoms with van der Waals surface area (Å²) in [5, 5.41) is 9.26. The molecule has 0 heterocycles. The first-order valence-corrected chi connectivity index (χ1v) is 7.48. The molecule has 0 spiro atoms. The van der Waals surface area contributed by atoms with Crippen molar-refractivity contribution in [1.29, 1.82) is 0 Å².